The molecule has 3 rings (SSSR count). The van der Waals surface area contributed by atoms with Gasteiger partial charge in [-0.25, -0.2) is 0 Å². The molecule has 1 saturated heterocycles. The van der Waals surface area contributed by atoms with E-state index in [4.69, 9.17) is 17.0 Å². The van der Waals surface area contributed by atoms with Gasteiger partial charge in [0.05, 0.1) is 4.91 Å². The molecule has 5 heteroatoms. The number of ether oxygens (including phenoxy) is 1. The largest absolute Gasteiger partial charge is 0.483 e. The van der Waals surface area contributed by atoms with Gasteiger partial charge in [0.15, 0.2) is 0 Å². The average Bonchev–Trinajstić information content (AvgIpc) is 2.73. The molecule has 2 aliphatic rings. The first-order chi connectivity index (χ1) is 10.3. The van der Waals surface area contributed by atoms with Crippen molar-refractivity contribution >= 4 is 45.9 Å². The summed E-state index contributed by atoms with van der Waals surface area (Å²) in [5.41, 5.74) is 2.71. The molecule has 0 atom stereocenters. The standard InChI is InChI=1S/C17H17NO2S2/c1-10(14-15(19)18(4)16(21)22-14)11-5-6-13-12(9-11)7-8-17(2,3)20-13/h5-9H,1-4H3/b14-10-. The molecule has 114 valence electrons. The Bertz CT molecular complexity index is 747. The lowest BCUT2D eigenvalue weighted by Crippen LogP contribution is -2.27. The molecular formula is C17H17NO2S2. The Hall–Kier alpha value is -1.59. The summed E-state index contributed by atoms with van der Waals surface area (Å²) in [6.45, 7) is 6.01. The number of benzene rings is 1. The second-order valence-electron chi connectivity index (χ2n) is 5.98. The predicted octanol–water partition coefficient (Wildman–Crippen LogP) is 4.09. The van der Waals surface area contributed by atoms with Crippen molar-refractivity contribution in [3.63, 3.8) is 0 Å². The van der Waals surface area contributed by atoms with Gasteiger partial charge in [-0.05, 0) is 50.1 Å². The second kappa shape index (κ2) is 5.25. The predicted molar refractivity (Wildman–Crippen MR) is 95.7 cm³/mol. The van der Waals surface area contributed by atoms with Crippen LogP contribution < -0.4 is 4.74 Å². The van der Waals surface area contributed by atoms with Crippen LogP contribution in [-0.4, -0.2) is 27.8 Å². The fourth-order valence-electron chi connectivity index (χ4n) is 2.42. The summed E-state index contributed by atoms with van der Waals surface area (Å²) in [5.74, 6) is 0.838. The Kier molecular flexibility index (Phi) is 3.65. The van der Waals surface area contributed by atoms with E-state index in [2.05, 4.69) is 12.1 Å². The van der Waals surface area contributed by atoms with E-state index in [1.807, 2.05) is 39.0 Å². The van der Waals surface area contributed by atoms with Crippen molar-refractivity contribution < 1.29 is 9.53 Å². The van der Waals surface area contributed by atoms with E-state index < -0.39 is 0 Å². The monoisotopic (exact) mass is 331 g/mol. The number of allylic oxidation sites excluding steroid dienone is 1. The van der Waals surface area contributed by atoms with Crippen LogP contribution in [0.25, 0.3) is 11.6 Å². The van der Waals surface area contributed by atoms with Crippen LogP contribution >= 0.6 is 24.0 Å². The molecule has 3 nitrogen and oxygen atoms in total. The number of fused-ring (bicyclic) bond motifs is 1. The van der Waals surface area contributed by atoms with Crippen LogP contribution in [0.15, 0.2) is 29.2 Å². The van der Waals surface area contributed by atoms with Gasteiger partial charge in [-0.1, -0.05) is 36.1 Å². The number of thioether (sulfide) groups is 1. The second-order valence-corrected chi connectivity index (χ2v) is 7.62. The van der Waals surface area contributed by atoms with Gasteiger partial charge in [0.2, 0.25) is 0 Å². The minimum Gasteiger partial charge on any atom is -0.483 e. The van der Waals surface area contributed by atoms with Gasteiger partial charge in [-0.2, -0.15) is 0 Å². The van der Waals surface area contributed by atoms with Crippen molar-refractivity contribution in [1.82, 2.24) is 4.90 Å². The zero-order valence-corrected chi connectivity index (χ0v) is 14.6. The Labute approximate surface area is 140 Å². The summed E-state index contributed by atoms with van der Waals surface area (Å²) < 4.78 is 6.53. The van der Waals surface area contributed by atoms with Crippen molar-refractivity contribution in [2.24, 2.45) is 0 Å². The van der Waals surface area contributed by atoms with Gasteiger partial charge in [-0.15, -0.1) is 0 Å². The SMILES string of the molecule is C/C(=C1/SC(=S)N(C)C1=O)c1ccc2c(c1)C=CC(C)(C)O2. The molecule has 0 spiro atoms. The van der Waals surface area contributed by atoms with Crippen LogP contribution in [0.3, 0.4) is 0 Å². The van der Waals surface area contributed by atoms with E-state index in [-0.39, 0.29) is 11.5 Å². The third-order valence-corrected chi connectivity index (χ3v) is 5.44. The Morgan fingerprint density at radius 3 is 2.73 bits per heavy atom. The molecule has 22 heavy (non-hydrogen) atoms. The highest BCUT2D eigenvalue weighted by atomic mass is 32.2. The van der Waals surface area contributed by atoms with Crippen LogP contribution in [0.2, 0.25) is 0 Å². The molecule has 1 amide bonds. The van der Waals surface area contributed by atoms with Gasteiger partial charge in [0.25, 0.3) is 5.91 Å². The Morgan fingerprint density at radius 1 is 1.36 bits per heavy atom. The quantitative estimate of drug-likeness (QED) is 0.572. The van der Waals surface area contributed by atoms with Crippen molar-refractivity contribution in [2.45, 2.75) is 26.4 Å². The molecule has 0 aromatic heterocycles. The van der Waals surface area contributed by atoms with E-state index in [1.165, 1.54) is 16.7 Å². The number of thiocarbonyl (C=S) groups is 1. The number of likely N-dealkylation sites (N-methyl/N-ethyl adjacent to an activating group) is 1. The van der Waals surface area contributed by atoms with Gasteiger partial charge in [-0.3, -0.25) is 9.69 Å². The van der Waals surface area contributed by atoms with Crippen molar-refractivity contribution in [3.8, 4) is 5.75 Å². The molecule has 1 aromatic carbocycles. The lowest BCUT2D eigenvalue weighted by Gasteiger charge is -2.28. The van der Waals surface area contributed by atoms with E-state index in [9.17, 15) is 4.79 Å². The lowest BCUT2D eigenvalue weighted by atomic mass is 9.98. The maximum Gasteiger partial charge on any atom is 0.266 e. The summed E-state index contributed by atoms with van der Waals surface area (Å²) in [6.07, 6.45) is 4.11. The van der Waals surface area contributed by atoms with Crippen LogP contribution in [0.1, 0.15) is 31.9 Å². The molecule has 1 fully saturated rings. The Balaban J connectivity index is 2.01. The number of carbonyl (C=O) groups excluding carboxylic acids is 1. The highest BCUT2D eigenvalue weighted by Crippen LogP contribution is 2.38. The van der Waals surface area contributed by atoms with Crippen LogP contribution in [-0.2, 0) is 4.79 Å². The van der Waals surface area contributed by atoms with Gasteiger partial charge < -0.3 is 4.74 Å². The first-order valence-electron chi connectivity index (χ1n) is 7.02. The summed E-state index contributed by atoms with van der Waals surface area (Å²) in [7, 11) is 1.71. The molecule has 2 aliphatic heterocycles. The zero-order valence-electron chi connectivity index (χ0n) is 13.0. The van der Waals surface area contributed by atoms with Crippen molar-refractivity contribution in [2.75, 3.05) is 7.05 Å². The Morgan fingerprint density at radius 2 is 2.09 bits per heavy atom. The first kappa shape index (κ1) is 15.3. The minimum atomic E-state index is -0.284. The first-order valence-corrected chi connectivity index (χ1v) is 8.24. The maximum atomic E-state index is 12.2. The number of hydrogen-bond donors (Lipinski definition) is 0. The molecule has 0 unspecified atom stereocenters. The number of hydrogen-bond acceptors (Lipinski definition) is 4. The molecule has 0 bridgehead atoms. The summed E-state index contributed by atoms with van der Waals surface area (Å²) >= 11 is 6.55. The molecule has 0 N–H and O–H groups in total. The summed E-state index contributed by atoms with van der Waals surface area (Å²) in [6, 6.07) is 6.01. The number of carbonyl (C=O) groups is 1. The normalized spacial score (nSPS) is 21.7. The van der Waals surface area contributed by atoms with Gasteiger partial charge in [0, 0.05) is 12.6 Å². The van der Waals surface area contributed by atoms with Gasteiger partial charge >= 0.3 is 0 Å². The lowest BCUT2D eigenvalue weighted by molar-refractivity contribution is -0.121. The third-order valence-electron chi connectivity index (χ3n) is 3.78. The zero-order chi connectivity index (χ0) is 16.1. The fourth-order valence-corrected chi connectivity index (χ4v) is 3.64. The van der Waals surface area contributed by atoms with Crippen LogP contribution in [0.5, 0.6) is 5.75 Å². The van der Waals surface area contributed by atoms with E-state index in [1.54, 1.807) is 7.05 Å². The molecule has 0 radical (unpaired) electrons. The van der Waals surface area contributed by atoms with Crippen molar-refractivity contribution in [3.05, 3.63) is 40.3 Å². The summed E-state index contributed by atoms with van der Waals surface area (Å²) in [5, 5.41) is 0. The van der Waals surface area contributed by atoms with E-state index in [0.717, 1.165) is 22.4 Å². The van der Waals surface area contributed by atoms with Crippen LogP contribution in [0, 0.1) is 0 Å². The van der Waals surface area contributed by atoms with Gasteiger partial charge in [0.1, 0.15) is 15.7 Å². The third kappa shape index (κ3) is 2.59. The van der Waals surface area contributed by atoms with E-state index in [0.29, 0.717) is 9.23 Å². The molecule has 0 saturated carbocycles. The molecule has 2 heterocycles. The fraction of sp³-hybridized carbons (Fsp3) is 0.294. The van der Waals surface area contributed by atoms with E-state index >= 15 is 0 Å². The number of rotatable bonds is 1. The molecular weight excluding hydrogens is 314 g/mol. The highest BCUT2D eigenvalue weighted by molar-refractivity contribution is 8.26. The number of nitrogens with zero attached hydrogens (tertiary/aromatic N) is 1. The molecule has 0 aliphatic carbocycles. The maximum absolute atomic E-state index is 12.2. The average molecular weight is 331 g/mol. The van der Waals surface area contributed by atoms with Crippen LogP contribution in [0.4, 0.5) is 0 Å². The minimum absolute atomic E-state index is 0.0295. The molecule has 1 aromatic rings. The smallest absolute Gasteiger partial charge is 0.266 e. The van der Waals surface area contributed by atoms with Crippen molar-refractivity contribution in [1.29, 1.82) is 0 Å². The summed E-state index contributed by atoms with van der Waals surface area (Å²) in [4.78, 5) is 14.4. The highest BCUT2D eigenvalue weighted by Gasteiger charge is 2.31. The number of amides is 1. The topological polar surface area (TPSA) is 29.5 Å².